The topological polar surface area (TPSA) is 44.8 Å². The third-order valence-electron chi connectivity index (χ3n) is 4.86. The monoisotopic (exact) mass is 406 g/mol. The molecule has 0 saturated carbocycles. The number of ether oxygens (including phenoxy) is 3. The summed E-state index contributed by atoms with van der Waals surface area (Å²) >= 11 is 6.57. The van der Waals surface area contributed by atoms with Crippen molar-refractivity contribution in [2.75, 3.05) is 21.0 Å². The Morgan fingerprint density at radius 1 is 0.862 bits per heavy atom. The number of benzene rings is 4. The zero-order chi connectivity index (χ0) is 20.4. The second kappa shape index (κ2) is 8.11. The van der Waals surface area contributed by atoms with Crippen LogP contribution in [0.3, 0.4) is 0 Å². The van der Waals surface area contributed by atoms with Crippen molar-refractivity contribution in [2.24, 2.45) is 0 Å². The molecule has 4 rings (SSSR count). The molecule has 0 heterocycles. The van der Waals surface area contributed by atoms with Crippen LogP contribution in [0.2, 0.25) is 5.02 Å². The Balaban J connectivity index is 2.19. The van der Waals surface area contributed by atoms with Crippen molar-refractivity contribution in [2.45, 2.75) is 0 Å². The van der Waals surface area contributed by atoms with Crippen LogP contribution in [0, 0.1) is 0 Å². The lowest BCUT2D eigenvalue weighted by Crippen LogP contribution is -2.07. The second-order valence-corrected chi connectivity index (χ2v) is 6.94. The molecule has 0 unspecified atom stereocenters. The van der Waals surface area contributed by atoms with Gasteiger partial charge < -0.3 is 14.2 Å². The fraction of sp³-hybridized carbons (Fsp3) is 0.125. The number of esters is 1. The molecule has 0 radical (unpaired) electrons. The van der Waals surface area contributed by atoms with Gasteiger partial charge in [-0.3, -0.25) is 0 Å². The summed E-state index contributed by atoms with van der Waals surface area (Å²) in [4.78, 5) is 12.8. The van der Waals surface area contributed by atoms with E-state index in [2.05, 4.69) is 0 Å². The van der Waals surface area contributed by atoms with Crippen molar-refractivity contribution >= 4 is 39.1 Å². The van der Waals surface area contributed by atoms with E-state index in [1.165, 1.54) is 7.11 Å². The van der Waals surface area contributed by atoms with E-state index in [0.29, 0.717) is 21.9 Å². The quantitative estimate of drug-likeness (QED) is 0.297. The summed E-state index contributed by atoms with van der Waals surface area (Å²) in [6, 6.07) is 21.4. The lowest BCUT2D eigenvalue weighted by atomic mass is 9.89. The van der Waals surface area contributed by atoms with Gasteiger partial charge in [0.2, 0.25) is 0 Å². The molecule has 0 saturated heterocycles. The molecule has 0 aliphatic carbocycles. The van der Waals surface area contributed by atoms with Crippen LogP contribution in [-0.2, 0) is 9.47 Å². The minimum atomic E-state index is -0.499. The van der Waals surface area contributed by atoms with Crippen molar-refractivity contribution < 1.29 is 19.0 Å². The predicted octanol–water partition coefficient (Wildman–Crippen LogP) is 6.08. The smallest absolute Gasteiger partial charge is 0.340 e. The molecule has 4 nitrogen and oxygen atoms in total. The van der Waals surface area contributed by atoms with E-state index in [1.54, 1.807) is 13.2 Å². The standard InChI is InChI=1S/C24H19ClO4/c1-27-14-29-20-12-11-15-7-3-5-9-17(15)21(20)22-18-10-6-4-8-16(18)13-19(25)23(22)24(26)28-2/h3-13H,14H2,1-2H3. The lowest BCUT2D eigenvalue weighted by molar-refractivity contribution is 0.0516. The summed E-state index contributed by atoms with van der Waals surface area (Å²) in [7, 11) is 2.92. The molecule has 0 aromatic heterocycles. The van der Waals surface area contributed by atoms with Gasteiger partial charge in [-0.05, 0) is 33.7 Å². The largest absolute Gasteiger partial charge is 0.467 e. The molecule has 5 heteroatoms. The molecule has 0 bridgehead atoms. The Morgan fingerprint density at radius 3 is 2.21 bits per heavy atom. The lowest BCUT2D eigenvalue weighted by Gasteiger charge is -2.19. The van der Waals surface area contributed by atoms with Crippen LogP contribution in [-0.4, -0.2) is 27.0 Å². The fourth-order valence-electron chi connectivity index (χ4n) is 3.63. The first kappa shape index (κ1) is 19.2. The Labute approximate surface area is 173 Å². The molecule has 0 aliphatic heterocycles. The minimum Gasteiger partial charge on any atom is -0.467 e. The van der Waals surface area contributed by atoms with Crippen LogP contribution in [0.25, 0.3) is 32.7 Å². The average Bonchev–Trinajstić information content (AvgIpc) is 2.76. The van der Waals surface area contributed by atoms with Crippen molar-refractivity contribution in [1.29, 1.82) is 0 Å². The van der Waals surface area contributed by atoms with Gasteiger partial charge in [0.1, 0.15) is 5.75 Å². The summed E-state index contributed by atoms with van der Waals surface area (Å²) in [5.74, 6) is 0.101. The molecule has 0 spiro atoms. The van der Waals surface area contributed by atoms with E-state index in [9.17, 15) is 4.79 Å². The van der Waals surface area contributed by atoms with Gasteiger partial charge in [0.25, 0.3) is 0 Å². The van der Waals surface area contributed by atoms with E-state index < -0.39 is 5.97 Å². The summed E-state index contributed by atoms with van der Waals surface area (Å²) in [6.07, 6.45) is 0. The minimum absolute atomic E-state index is 0.0808. The molecule has 0 aliphatic rings. The van der Waals surface area contributed by atoms with E-state index in [0.717, 1.165) is 27.1 Å². The van der Waals surface area contributed by atoms with Crippen molar-refractivity contribution in [3.05, 3.63) is 77.3 Å². The van der Waals surface area contributed by atoms with Gasteiger partial charge in [-0.2, -0.15) is 0 Å². The van der Waals surface area contributed by atoms with Gasteiger partial charge in [0, 0.05) is 18.2 Å². The highest BCUT2D eigenvalue weighted by Gasteiger charge is 2.24. The molecule has 0 N–H and O–H groups in total. The van der Waals surface area contributed by atoms with Crippen LogP contribution < -0.4 is 4.74 Å². The first-order chi connectivity index (χ1) is 14.2. The Bertz CT molecular complexity index is 1220. The van der Waals surface area contributed by atoms with E-state index in [4.69, 9.17) is 25.8 Å². The molecule has 0 fully saturated rings. The number of halogens is 1. The molecule has 146 valence electrons. The van der Waals surface area contributed by atoms with Gasteiger partial charge in [-0.25, -0.2) is 4.79 Å². The summed E-state index contributed by atoms with van der Waals surface area (Å²) in [5.41, 5.74) is 1.77. The number of hydrogen-bond donors (Lipinski definition) is 0. The second-order valence-electron chi connectivity index (χ2n) is 6.53. The number of methoxy groups -OCH3 is 2. The first-order valence-corrected chi connectivity index (χ1v) is 9.47. The van der Waals surface area contributed by atoms with Crippen molar-refractivity contribution in [3.8, 4) is 16.9 Å². The van der Waals surface area contributed by atoms with Crippen LogP contribution in [0.5, 0.6) is 5.75 Å². The van der Waals surface area contributed by atoms with Gasteiger partial charge in [-0.15, -0.1) is 0 Å². The van der Waals surface area contributed by atoms with Gasteiger partial charge in [0.05, 0.1) is 17.7 Å². The fourth-order valence-corrected chi connectivity index (χ4v) is 3.92. The molecular formula is C24H19ClO4. The SMILES string of the molecule is COCOc1ccc2ccccc2c1-c1c(C(=O)OC)c(Cl)cc2ccccc12. The Morgan fingerprint density at radius 2 is 1.52 bits per heavy atom. The van der Waals surface area contributed by atoms with Crippen LogP contribution >= 0.6 is 11.6 Å². The summed E-state index contributed by atoms with van der Waals surface area (Å²) < 4.78 is 16.1. The van der Waals surface area contributed by atoms with E-state index in [-0.39, 0.29) is 6.79 Å². The van der Waals surface area contributed by atoms with Gasteiger partial charge >= 0.3 is 5.97 Å². The number of carbonyl (C=O) groups excluding carboxylic acids is 1. The number of fused-ring (bicyclic) bond motifs is 2. The Kier molecular flexibility index (Phi) is 5.38. The van der Waals surface area contributed by atoms with Gasteiger partial charge in [-0.1, -0.05) is 66.2 Å². The van der Waals surface area contributed by atoms with Crippen LogP contribution in [0.4, 0.5) is 0 Å². The van der Waals surface area contributed by atoms with E-state index in [1.807, 2.05) is 60.7 Å². The maximum atomic E-state index is 12.8. The van der Waals surface area contributed by atoms with E-state index >= 15 is 0 Å². The number of carbonyl (C=O) groups is 1. The maximum absolute atomic E-state index is 12.8. The third kappa shape index (κ3) is 3.41. The van der Waals surface area contributed by atoms with Crippen molar-refractivity contribution in [1.82, 2.24) is 0 Å². The molecule has 0 amide bonds. The maximum Gasteiger partial charge on any atom is 0.340 e. The highest BCUT2D eigenvalue weighted by molar-refractivity contribution is 6.36. The first-order valence-electron chi connectivity index (χ1n) is 9.09. The Hall–Kier alpha value is -3.08. The normalized spacial score (nSPS) is 11.0. The molecular weight excluding hydrogens is 388 g/mol. The van der Waals surface area contributed by atoms with Crippen molar-refractivity contribution in [3.63, 3.8) is 0 Å². The average molecular weight is 407 g/mol. The highest BCUT2D eigenvalue weighted by atomic mass is 35.5. The molecule has 4 aromatic carbocycles. The predicted molar refractivity (Wildman–Crippen MR) is 116 cm³/mol. The van der Waals surface area contributed by atoms with Crippen LogP contribution in [0.1, 0.15) is 10.4 Å². The molecule has 0 atom stereocenters. The van der Waals surface area contributed by atoms with Gasteiger partial charge in [0.15, 0.2) is 6.79 Å². The molecule has 4 aromatic rings. The zero-order valence-electron chi connectivity index (χ0n) is 16.1. The number of rotatable bonds is 5. The third-order valence-corrected chi connectivity index (χ3v) is 5.16. The summed E-state index contributed by atoms with van der Waals surface area (Å²) in [6.45, 7) is 0.0808. The molecule has 29 heavy (non-hydrogen) atoms. The summed E-state index contributed by atoms with van der Waals surface area (Å²) in [5, 5.41) is 4.10. The zero-order valence-corrected chi connectivity index (χ0v) is 16.8. The van der Waals surface area contributed by atoms with Crippen LogP contribution in [0.15, 0.2) is 66.7 Å². The highest BCUT2D eigenvalue weighted by Crippen LogP contribution is 2.44. The number of hydrogen-bond acceptors (Lipinski definition) is 4.